The molecule has 2 unspecified atom stereocenters. The smallest absolute Gasteiger partial charge is 0.307 e. The van der Waals surface area contributed by atoms with Gasteiger partial charge in [0, 0.05) is 11.8 Å². The van der Waals surface area contributed by atoms with Gasteiger partial charge in [-0.1, -0.05) is 13.8 Å². The van der Waals surface area contributed by atoms with E-state index in [1.807, 2.05) is 0 Å². The van der Waals surface area contributed by atoms with Crippen molar-refractivity contribution in [3.05, 3.63) is 24.0 Å². The van der Waals surface area contributed by atoms with E-state index in [9.17, 15) is 14.0 Å². The highest BCUT2D eigenvalue weighted by Gasteiger charge is 2.65. The van der Waals surface area contributed by atoms with Crippen LogP contribution in [-0.4, -0.2) is 24.1 Å². The van der Waals surface area contributed by atoms with Crippen LogP contribution < -0.4 is 10.1 Å². The summed E-state index contributed by atoms with van der Waals surface area (Å²) in [7, 11) is 1.35. The van der Waals surface area contributed by atoms with E-state index in [1.165, 1.54) is 19.2 Å². The monoisotopic (exact) mass is 281 g/mol. The van der Waals surface area contributed by atoms with Crippen molar-refractivity contribution in [2.75, 3.05) is 12.4 Å². The van der Waals surface area contributed by atoms with Crippen molar-refractivity contribution in [3.63, 3.8) is 0 Å². The first-order valence-corrected chi connectivity index (χ1v) is 6.16. The molecule has 0 bridgehead atoms. The first-order chi connectivity index (χ1) is 9.28. The number of halogens is 1. The molecule has 2 atom stereocenters. The number of methoxy groups -OCH3 is 1. The number of carboxylic acid groups (broad SMARTS) is 1. The summed E-state index contributed by atoms with van der Waals surface area (Å²) in [4.78, 5) is 23.1. The van der Waals surface area contributed by atoms with Crippen LogP contribution in [0.2, 0.25) is 0 Å². The average Bonchev–Trinajstić information content (AvgIpc) is 2.93. The molecule has 0 saturated heterocycles. The van der Waals surface area contributed by atoms with E-state index in [-0.39, 0.29) is 11.4 Å². The molecule has 1 aliphatic carbocycles. The largest absolute Gasteiger partial charge is 0.494 e. The number of carbonyl (C=O) groups excluding carboxylic acids is 1. The molecule has 0 spiro atoms. The molecule has 1 fully saturated rings. The molecule has 1 saturated carbocycles. The van der Waals surface area contributed by atoms with E-state index >= 15 is 0 Å². The highest BCUT2D eigenvalue weighted by Crippen LogP contribution is 2.58. The van der Waals surface area contributed by atoms with Gasteiger partial charge in [-0.25, -0.2) is 4.39 Å². The number of hydrogen-bond acceptors (Lipinski definition) is 3. The molecular formula is C14H16FNO4. The van der Waals surface area contributed by atoms with Gasteiger partial charge in [0.1, 0.15) is 0 Å². The molecule has 5 nitrogen and oxygen atoms in total. The third-order valence-corrected chi connectivity index (χ3v) is 3.80. The fourth-order valence-electron chi connectivity index (χ4n) is 2.55. The molecule has 1 amide bonds. The molecule has 1 aliphatic rings. The number of benzene rings is 1. The quantitative estimate of drug-likeness (QED) is 0.886. The fourth-order valence-corrected chi connectivity index (χ4v) is 2.55. The summed E-state index contributed by atoms with van der Waals surface area (Å²) in [5, 5.41) is 11.6. The maximum Gasteiger partial charge on any atom is 0.307 e. The number of anilines is 1. The minimum atomic E-state index is -0.990. The number of amides is 1. The molecule has 1 aromatic carbocycles. The molecule has 0 heterocycles. The summed E-state index contributed by atoms with van der Waals surface area (Å²) in [5.41, 5.74) is -0.305. The van der Waals surface area contributed by atoms with Crippen molar-refractivity contribution in [3.8, 4) is 5.75 Å². The number of hydrogen-bond donors (Lipinski definition) is 2. The van der Waals surface area contributed by atoms with Crippen molar-refractivity contribution >= 4 is 17.6 Å². The van der Waals surface area contributed by atoms with Gasteiger partial charge >= 0.3 is 5.97 Å². The molecule has 2 rings (SSSR count). The first-order valence-electron chi connectivity index (χ1n) is 6.16. The second-order valence-corrected chi connectivity index (χ2v) is 5.45. The Balaban J connectivity index is 2.10. The number of aliphatic carboxylic acids is 1. The summed E-state index contributed by atoms with van der Waals surface area (Å²) in [5.74, 6) is -3.22. The van der Waals surface area contributed by atoms with Crippen LogP contribution in [0.15, 0.2) is 18.2 Å². The van der Waals surface area contributed by atoms with Crippen molar-refractivity contribution < 1.29 is 23.8 Å². The average molecular weight is 281 g/mol. The Morgan fingerprint density at radius 1 is 1.35 bits per heavy atom. The summed E-state index contributed by atoms with van der Waals surface area (Å²) in [6.07, 6.45) is 0. The third-order valence-electron chi connectivity index (χ3n) is 3.80. The molecule has 0 aromatic heterocycles. The van der Waals surface area contributed by atoms with Crippen molar-refractivity contribution in [1.29, 1.82) is 0 Å². The Morgan fingerprint density at radius 3 is 2.45 bits per heavy atom. The number of nitrogens with one attached hydrogen (secondary N) is 1. The number of rotatable bonds is 4. The van der Waals surface area contributed by atoms with E-state index in [0.29, 0.717) is 0 Å². The summed E-state index contributed by atoms with van der Waals surface area (Å²) >= 11 is 0. The lowest BCUT2D eigenvalue weighted by atomic mass is 10.1. The summed E-state index contributed by atoms with van der Waals surface area (Å²) in [6, 6.07) is 4.05. The lowest BCUT2D eigenvalue weighted by molar-refractivity contribution is -0.140. The SMILES string of the molecule is COc1ccc(NC(=O)C2C(C(=O)O)C2(C)C)cc1F. The summed E-state index contributed by atoms with van der Waals surface area (Å²) in [6.45, 7) is 3.45. The number of ether oxygens (including phenoxy) is 1. The Bertz CT molecular complexity index is 570. The van der Waals surface area contributed by atoms with Gasteiger partial charge in [0.2, 0.25) is 5.91 Å². The van der Waals surface area contributed by atoms with Gasteiger partial charge in [-0.15, -0.1) is 0 Å². The van der Waals surface area contributed by atoms with Crippen molar-refractivity contribution in [1.82, 2.24) is 0 Å². The maximum absolute atomic E-state index is 13.5. The molecule has 0 aliphatic heterocycles. The number of carbonyl (C=O) groups is 2. The normalized spacial score (nSPS) is 23.0. The zero-order valence-corrected chi connectivity index (χ0v) is 11.4. The Hall–Kier alpha value is -2.11. The van der Waals surface area contributed by atoms with Crippen molar-refractivity contribution in [2.24, 2.45) is 17.3 Å². The predicted molar refractivity (Wildman–Crippen MR) is 70.0 cm³/mol. The zero-order chi connectivity index (χ0) is 15.1. The molecule has 108 valence electrons. The van der Waals surface area contributed by atoms with Crippen LogP contribution in [0.1, 0.15) is 13.8 Å². The van der Waals surface area contributed by atoms with Crippen LogP contribution in [0.4, 0.5) is 10.1 Å². The van der Waals surface area contributed by atoms with Gasteiger partial charge < -0.3 is 15.2 Å². The minimum absolute atomic E-state index is 0.0816. The van der Waals surface area contributed by atoms with Gasteiger partial charge in [0.15, 0.2) is 11.6 Å². The second-order valence-electron chi connectivity index (χ2n) is 5.45. The Kier molecular flexibility index (Phi) is 3.41. The van der Waals surface area contributed by atoms with Gasteiger partial charge in [0.25, 0.3) is 0 Å². The molecule has 20 heavy (non-hydrogen) atoms. The van der Waals surface area contributed by atoms with Crippen LogP contribution in [0.5, 0.6) is 5.75 Å². The Morgan fingerprint density at radius 2 is 2.00 bits per heavy atom. The maximum atomic E-state index is 13.5. The van der Waals surface area contributed by atoms with E-state index in [1.54, 1.807) is 13.8 Å². The van der Waals surface area contributed by atoms with Crippen molar-refractivity contribution in [2.45, 2.75) is 13.8 Å². The van der Waals surface area contributed by atoms with Gasteiger partial charge in [-0.3, -0.25) is 9.59 Å². The molecule has 6 heteroatoms. The van der Waals surface area contributed by atoms with Crippen LogP contribution in [-0.2, 0) is 9.59 Å². The first kappa shape index (κ1) is 14.3. The van der Waals surface area contributed by atoms with Gasteiger partial charge in [-0.2, -0.15) is 0 Å². The summed E-state index contributed by atoms with van der Waals surface area (Å²) < 4.78 is 18.3. The standard InChI is InChI=1S/C14H16FNO4/c1-14(2)10(11(14)13(18)19)12(17)16-7-4-5-9(20-3)8(15)6-7/h4-6,10-11H,1-3H3,(H,16,17)(H,18,19). The van der Waals surface area contributed by atoms with Gasteiger partial charge in [0.05, 0.1) is 18.9 Å². The second kappa shape index (κ2) is 4.77. The lowest BCUT2D eigenvalue weighted by Gasteiger charge is -2.08. The molecule has 2 N–H and O–H groups in total. The zero-order valence-electron chi connectivity index (χ0n) is 11.4. The van der Waals surface area contributed by atoms with E-state index in [0.717, 1.165) is 6.07 Å². The highest BCUT2D eigenvalue weighted by atomic mass is 19.1. The van der Waals surface area contributed by atoms with Crippen LogP contribution in [0.3, 0.4) is 0 Å². The van der Waals surface area contributed by atoms with Gasteiger partial charge in [-0.05, 0) is 17.5 Å². The van der Waals surface area contributed by atoms with Crippen LogP contribution >= 0.6 is 0 Å². The number of carboxylic acids is 1. The Labute approximate surface area is 115 Å². The predicted octanol–water partition coefficient (Wildman–Crippen LogP) is 2.13. The topological polar surface area (TPSA) is 75.6 Å². The van der Waals surface area contributed by atoms with E-state index in [4.69, 9.17) is 9.84 Å². The van der Waals surface area contributed by atoms with Crippen LogP contribution in [0.25, 0.3) is 0 Å². The van der Waals surface area contributed by atoms with E-state index in [2.05, 4.69) is 5.32 Å². The molecular weight excluding hydrogens is 265 g/mol. The highest BCUT2D eigenvalue weighted by molar-refractivity contribution is 5.99. The van der Waals surface area contributed by atoms with E-state index < -0.39 is 34.9 Å². The fraction of sp³-hybridized carbons (Fsp3) is 0.429. The molecule has 1 aromatic rings. The van der Waals surface area contributed by atoms with Crippen LogP contribution in [0, 0.1) is 23.1 Å². The third kappa shape index (κ3) is 2.33. The lowest BCUT2D eigenvalue weighted by Crippen LogP contribution is -2.17. The molecule has 0 radical (unpaired) electrons. The minimum Gasteiger partial charge on any atom is -0.494 e.